The van der Waals surface area contributed by atoms with Gasteiger partial charge in [-0.2, -0.15) is 0 Å². The number of nitrogens with one attached hydrogen (secondary N) is 2. The van der Waals surface area contributed by atoms with Crippen molar-refractivity contribution in [2.75, 3.05) is 19.6 Å². The summed E-state index contributed by atoms with van der Waals surface area (Å²) < 4.78 is 0. The summed E-state index contributed by atoms with van der Waals surface area (Å²) in [5.41, 5.74) is 2.06. The Labute approximate surface area is 115 Å². The molecule has 0 spiro atoms. The van der Waals surface area contributed by atoms with Gasteiger partial charge in [-0.05, 0) is 48.9 Å². The summed E-state index contributed by atoms with van der Waals surface area (Å²) in [6.45, 7) is 7.07. The van der Waals surface area contributed by atoms with Crippen LogP contribution in [0.4, 0.5) is 0 Å². The van der Waals surface area contributed by atoms with E-state index in [0.29, 0.717) is 11.8 Å². The lowest BCUT2D eigenvalue weighted by Crippen LogP contribution is -2.29. The van der Waals surface area contributed by atoms with Crippen molar-refractivity contribution >= 4 is 5.91 Å². The summed E-state index contributed by atoms with van der Waals surface area (Å²) in [5.74, 6) is 1.07. The van der Waals surface area contributed by atoms with Crippen molar-refractivity contribution in [3.8, 4) is 0 Å². The molecule has 2 rings (SSSR count). The zero-order valence-corrected chi connectivity index (χ0v) is 11.9. The first-order chi connectivity index (χ1) is 9.16. The van der Waals surface area contributed by atoms with Crippen LogP contribution in [0.2, 0.25) is 0 Å². The van der Waals surface area contributed by atoms with Crippen molar-refractivity contribution in [1.29, 1.82) is 0 Å². The molecule has 1 fully saturated rings. The van der Waals surface area contributed by atoms with Crippen LogP contribution in [0.25, 0.3) is 0 Å². The molecule has 3 heteroatoms. The van der Waals surface area contributed by atoms with Crippen molar-refractivity contribution in [1.82, 2.24) is 10.6 Å². The maximum Gasteiger partial charge on any atom is 0.251 e. The number of hydrogen-bond donors (Lipinski definition) is 2. The standard InChI is InChI=1S/C16H24N2O/c1-12(2)10-18-16(19)14-6-3-5-13(9-14)15-7-4-8-17-11-15/h3,5-6,9,12,15,17H,4,7-8,10-11H2,1-2H3,(H,18,19). The van der Waals surface area contributed by atoms with Crippen molar-refractivity contribution in [2.45, 2.75) is 32.6 Å². The third-order valence-corrected chi connectivity index (χ3v) is 3.59. The molecule has 1 aromatic rings. The molecule has 104 valence electrons. The van der Waals surface area contributed by atoms with Crippen LogP contribution in [0.5, 0.6) is 0 Å². The third kappa shape index (κ3) is 4.06. The van der Waals surface area contributed by atoms with Crippen molar-refractivity contribution in [3.05, 3.63) is 35.4 Å². The molecule has 1 aliphatic rings. The van der Waals surface area contributed by atoms with E-state index in [1.54, 1.807) is 0 Å². The molecule has 3 nitrogen and oxygen atoms in total. The lowest BCUT2D eigenvalue weighted by atomic mass is 9.90. The molecule has 0 bridgehead atoms. The van der Waals surface area contributed by atoms with Crippen LogP contribution in [-0.2, 0) is 0 Å². The maximum atomic E-state index is 12.1. The Balaban J connectivity index is 2.03. The second-order valence-corrected chi connectivity index (χ2v) is 5.77. The molecule has 0 aromatic heterocycles. The number of amides is 1. The van der Waals surface area contributed by atoms with Crippen molar-refractivity contribution in [2.24, 2.45) is 5.92 Å². The number of piperidine rings is 1. The molecule has 0 saturated carbocycles. The smallest absolute Gasteiger partial charge is 0.251 e. The van der Waals surface area contributed by atoms with Gasteiger partial charge in [-0.25, -0.2) is 0 Å². The number of carbonyl (C=O) groups is 1. The molecule has 0 aliphatic carbocycles. The Morgan fingerprint density at radius 1 is 1.47 bits per heavy atom. The highest BCUT2D eigenvalue weighted by Gasteiger charge is 2.16. The average molecular weight is 260 g/mol. The van der Waals surface area contributed by atoms with E-state index in [0.717, 1.165) is 25.2 Å². The topological polar surface area (TPSA) is 41.1 Å². The van der Waals surface area contributed by atoms with E-state index in [4.69, 9.17) is 0 Å². The van der Waals surface area contributed by atoms with Crippen LogP contribution in [0, 0.1) is 5.92 Å². The molecule has 1 amide bonds. The normalized spacial score (nSPS) is 19.4. The largest absolute Gasteiger partial charge is 0.352 e. The van der Waals surface area contributed by atoms with Crippen LogP contribution in [0.15, 0.2) is 24.3 Å². The lowest BCUT2D eigenvalue weighted by molar-refractivity contribution is 0.0949. The minimum Gasteiger partial charge on any atom is -0.352 e. The zero-order chi connectivity index (χ0) is 13.7. The molecule has 2 N–H and O–H groups in total. The summed E-state index contributed by atoms with van der Waals surface area (Å²) in [5, 5.41) is 6.40. The van der Waals surface area contributed by atoms with E-state index in [9.17, 15) is 4.79 Å². The van der Waals surface area contributed by atoms with Crippen molar-refractivity contribution in [3.63, 3.8) is 0 Å². The highest BCUT2D eigenvalue weighted by molar-refractivity contribution is 5.94. The van der Waals surface area contributed by atoms with Gasteiger partial charge in [0, 0.05) is 18.7 Å². The second kappa shape index (κ2) is 6.71. The molecule has 1 atom stereocenters. The van der Waals surface area contributed by atoms with Gasteiger partial charge in [-0.15, -0.1) is 0 Å². The van der Waals surface area contributed by atoms with Gasteiger partial charge in [0.1, 0.15) is 0 Å². The van der Waals surface area contributed by atoms with Gasteiger partial charge < -0.3 is 10.6 Å². The SMILES string of the molecule is CC(C)CNC(=O)c1cccc(C2CCCNC2)c1. The molecule has 1 saturated heterocycles. The van der Waals surface area contributed by atoms with Gasteiger partial charge in [0.2, 0.25) is 0 Å². The van der Waals surface area contributed by atoms with Crippen molar-refractivity contribution < 1.29 is 4.79 Å². The number of benzene rings is 1. The fourth-order valence-electron chi connectivity index (χ4n) is 2.47. The fraction of sp³-hybridized carbons (Fsp3) is 0.562. The van der Waals surface area contributed by atoms with Gasteiger partial charge in [0.05, 0.1) is 0 Å². The van der Waals surface area contributed by atoms with Gasteiger partial charge in [0.25, 0.3) is 5.91 Å². The van der Waals surface area contributed by atoms with Crippen LogP contribution in [0.3, 0.4) is 0 Å². The Morgan fingerprint density at radius 2 is 2.32 bits per heavy atom. The molecule has 1 heterocycles. The van der Waals surface area contributed by atoms with Gasteiger partial charge in [-0.1, -0.05) is 26.0 Å². The van der Waals surface area contributed by atoms with E-state index < -0.39 is 0 Å². The summed E-state index contributed by atoms with van der Waals surface area (Å²) in [6.07, 6.45) is 2.43. The number of rotatable bonds is 4. The molecule has 0 radical (unpaired) electrons. The van der Waals surface area contributed by atoms with E-state index in [-0.39, 0.29) is 5.91 Å². The number of hydrogen-bond acceptors (Lipinski definition) is 2. The Bertz CT molecular complexity index is 423. The van der Waals surface area contributed by atoms with E-state index in [1.165, 1.54) is 18.4 Å². The molecule has 19 heavy (non-hydrogen) atoms. The van der Waals surface area contributed by atoms with E-state index in [1.807, 2.05) is 18.2 Å². The molecule has 1 aromatic carbocycles. The monoisotopic (exact) mass is 260 g/mol. The predicted octanol–water partition coefficient (Wildman–Crippen LogP) is 2.54. The summed E-state index contributed by atoms with van der Waals surface area (Å²) in [4.78, 5) is 12.1. The van der Waals surface area contributed by atoms with E-state index >= 15 is 0 Å². The van der Waals surface area contributed by atoms with Crippen LogP contribution < -0.4 is 10.6 Å². The maximum absolute atomic E-state index is 12.1. The first kappa shape index (κ1) is 14.1. The molecular formula is C16H24N2O. The zero-order valence-electron chi connectivity index (χ0n) is 11.9. The first-order valence-corrected chi connectivity index (χ1v) is 7.25. The summed E-state index contributed by atoms with van der Waals surface area (Å²) in [7, 11) is 0. The second-order valence-electron chi connectivity index (χ2n) is 5.77. The quantitative estimate of drug-likeness (QED) is 0.873. The predicted molar refractivity (Wildman–Crippen MR) is 78.5 cm³/mol. The average Bonchev–Trinajstić information content (AvgIpc) is 2.46. The molecule has 1 unspecified atom stereocenters. The summed E-state index contributed by atoms with van der Waals surface area (Å²) in [6, 6.07) is 8.08. The van der Waals surface area contributed by atoms with Gasteiger partial charge in [-0.3, -0.25) is 4.79 Å². The summed E-state index contributed by atoms with van der Waals surface area (Å²) >= 11 is 0. The Morgan fingerprint density at radius 3 is 3.00 bits per heavy atom. The highest BCUT2D eigenvalue weighted by atomic mass is 16.1. The number of carbonyl (C=O) groups excluding carboxylic acids is 1. The third-order valence-electron chi connectivity index (χ3n) is 3.59. The first-order valence-electron chi connectivity index (χ1n) is 7.25. The van der Waals surface area contributed by atoms with E-state index in [2.05, 4.69) is 30.5 Å². The lowest BCUT2D eigenvalue weighted by Gasteiger charge is -2.23. The minimum atomic E-state index is 0.0410. The van der Waals surface area contributed by atoms with Crippen LogP contribution in [-0.4, -0.2) is 25.5 Å². The Kier molecular flexibility index (Phi) is 4.97. The van der Waals surface area contributed by atoms with Crippen LogP contribution >= 0.6 is 0 Å². The van der Waals surface area contributed by atoms with Gasteiger partial charge >= 0.3 is 0 Å². The fourth-order valence-corrected chi connectivity index (χ4v) is 2.47. The molecular weight excluding hydrogens is 236 g/mol. The van der Waals surface area contributed by atoms with Gasteiger partial charge in [0.15, 0.2) is 0 Å². The minimum absolute atomic E-state index is 0.0410. The highest BCUT2D eigenvalue weighted by Crippen LogP contribution is 2.23. The van der Waals surface area contributed by atoms with Crippen LogP contribution in [0.1, 0.15) is 48.5 Å². The molecule has 1 aliphatic heterocycles. The Hall–Kier alpha value is -1.35.